The lowest BCUT2D eigenvalue weighted by Crippen LogP contribution is -2.48. The van der Waals surface area contributed by atoms with E-state index in [4.69, 9.17) is 94.1 Å². The lowest BCUT2D eigenvalue weighted by Gasteiger charge is -2.31. The van der Waals surface area contributed by atoms with Gasteiger partial charge < -0.3 is 57.6 Å². The Hall–Kier alpha value is -10.9. The summed E-state index contributed by atoms with van der Waals surface area (Å²) < 4.78 is 52.7. The van der Waals surface area contributed by atoms with E-state index in [0.717, 1.165) is 96.4 Å². The van der Waals surface area contributed by atoms with Crippen molar-refractivity contribution in [3.8, 4) is 23.0 Å². The molecule has 7 rings (SSSR count). The molecule has 1 saturated heterocycles. The number of aliphatic hydroxyl groups excluding tert-OH is 1. The number of imide groups is 2. The second-order valence-corrected chi connectivity index (χ2v) is 27.6. The summed E-state index contributed by atoms with van der Waals surface area (Å²) in [5.74, 6) is -3.39. The molecular weight excluding hydrogens is 1510 g/mol. The molecule has 0 aliphatic carbocycles. The topological polar surface area (TPSA) is 427 Å². The molecule has 36 nitrogen and oxygen atoms in total. The summed E-state index contributed by atoms with van der Waals surface area (Å²) in [5, 5.41) is 41.2. The Morgan fingerprint density at radius 2 is 0.815 bits per heavy atom. The number of methoxy groups -OCH3 is 5. The van der Waals surface area contributed by atoms with Gasteiger partial charge in [0, 0.05) is 63.5 Å². The Morgan fingerprint density at radius 1 is 0.500 bits per heavy atom. The van der Waals surface area contributed by atoms with Crippen LogP contribution in [0.4, 0.5) is 86.2 Å². The summed E-state index contributed by atoms with van der Waals surface area (Å²) in [7, 11) is 8.74. The SMILES string of the molecule is C.COC(=O)c1ccc(N(C(=O)OC(C)(C)C)c2cc(N(C)C(=O)N(C(=O)OC(C)(C)C)c3c(Cl)c(OC)cc(OC)c3Cl)ncn2)c([N+](=O)[O-])c1.COc1cc(OC)c(Cl)c(N(C(=O)OC(C)(C)C)C(=O)N(C)c2cc(N(C(=O)OC(C)(C)C)c3ccc(C(=O)O)cc3[N+](=O)[O-])ncn2)c1Cl.OC1CCCO1. The number of anilines is 8. The van der Waals surface area contributed by atoms with Crippen LogP contribution in [0.1, 0.15) is 124 Å². The van der Waals surface area contributed by atoms with Gasteiger partial charge >= 0.3 is 48.4 Å². The highest BCUT2D eigenvalue weighted by Crippen LogP contribution is 2.49. The molecule has 0 radical (unpaired) electrons. The monoisotopic (exact) mass is 1590 g/mol. The fourth-order valence-electron chi connectivity index (χ4n) is 8.97. The molecule has 40 heteroatoms. The van der Waals surface area contributed by atoms with E-state index in [1.54, 1.807) is 83.1 Å². The Labute approximate surface area is 640 Å². The highest BCUT2D eigenvalue weighted by atomic mass is 35.5. The smallest absolute Gasteiger partial charge is 0.423 e. The summed E-state index contributed by atoms with van der Waals surface area (Å²) >= 11 is 26.4. The Kier molecular flexibility index (Phi) is 30.7. The molecule has 0 bridgehead atoms. The second-order valence-electron chi connectivity index (χ2n) is 26.1. The highest BCUT2D eigenvalue weighted by Gasteiger charge is 2.41. The van der Waals surface area contributed by atoms with Crippen molar-refractivity contribution in [1.82, 2.24) is 19.9 Å². The van der Waals surface area contributed by atoms with Gasteiger partial charge in [0.1, 0.15) is 124 Å². The molecule has 2 aromatic heterocycles. The van der Waals surface area contributed by atoms with Gasteiger partial charge in [-0.15, -0.1) is 0 Å². The molecule has 1 aliphatic rings. The number of benzene rings is 4. The third-order valence-corrected chi connectivity index (χ3v) is 15.1. The quantitative estimate of drug-likeness (QED) is 0.0393. The van der Waals surface area contributed by atoms with Gasteiger partial charge in [-0.05, 0) is 114 Å². The van der Waals surface area contributed by atoms with E-state index in [9.17, 15) is 63.7 Å². The van der Waals surface area contributed by atoms with E-state index in [1.807, 2.05) is 0 Å². The standard InChI is InChI=1S/C32H36Cl2N6O11.C31H34Cl2N6O11.C4H8O2.CH4/c1-31(2,3)50-29(43)38(18-12-11-17(27(41)49-10)13-19(18)40(45)46)23-15-22(35-16-36-23)37(7)28(42)39(30(44)51-32(4,5)6)26-24(33)20(47-8)14-21(48-9)25(26)34;1-30(2,3)49-28(43)37(17-11-10-16(26(40)41)12-18(17)39(45)46)22-14-21(34-15-35-22)36(7)27(42)38(29(44)50-31(4,5)6)25-23(32)19(47-8)13-20(48-9)24(25)33;5-4-2-1-3-6-4;/h11-16H,1-10H3;10-15H,1-9H3,(H,40,41);4-5H,1-3H2;1H4. The zero-order valence-corrected chi connectivity index (χ0v) is 64.4. The normalized spacial score (nSPS) is 12.4. The molecule has 2 N–H and O–H groups in total. The predicted octanol–water partition coefficient (Wildman–Crippen LogP) is 15.8. The number of nitro benzene ring substituents is 2. The van der Waals surface area contributed by atoms with E-state index in [1.165, 1.54) is 60.7 Å². The molecule has 1 fully saturated rings. The molecule has 6 aromatic rings. The minimum Gasteiger partial charge on any atom is -0.495 e. The van der Waals surface area contributed by atoms with Crippen molar-refractivity contribution in [2.24, 2.45) is 0 Å². The number of hydrogen-bond acceptors (Lipinski definition) is 27. The van der Waals surface area contributed by atoms with Crippen LogP contribution in [0.2, 0.25) is 20.1 Å². The molecule has 108 heavy (non-hydrogen) atoms. The van der Waals surface area contributed by atoms with Gasteiger partial charge in [-0.1, -0.05) is 53.8 Å². The molecule has 0 saturated carbocycles. The van der Waals surface area contributed by atoms with E-state index in [2.05, 4.69) is 24.7 Å². The van der Waals surface area contributed by atoms with Gasteiger partial charge in [-0.3, -0.25) is 30.0 Å². The molecular formula is C68H82Cl4N12O24. The maximum absolute atomic E-state index is 14.3. The molecule has 4 aromatic carbocycles. The number of ether oxygens (including phenoxy) is 10. The molecule has 0 spiro atoms. The second kappa shape index (κ2) is 37.1. The Bertz CT molecular complexity index is 4310. The lowest BCUT2D eigenvalue weighted by atomic mass is 10.1. The number of halogens is 4. The number of rotatable bonds is 16. The van der Waals surface area contributed by atoms with E-state index in [0.29, 0.717) is 14.7 Å². The molecule has 1 atom stereocenters. The number of aromatic nitrogens is 4. The van der Waals surface area contributed by atoms with Gasteiger partial charge in [-0.2, -0.15) is 9.80 Å². The van der Waals surface area contributed by atoms with Crippen LogP contribution in [0.25, 0.3) is 0 Å². The summed E-state index contributed by atoms with van der Waals surface area (Å²) in [6.07, 6.45) is -1.35. The largest absolute Gasteiger partial charge is 0.495 e. The number of nitro groups is 2. The molecule has 586 valence electrons. The average molecular weight is 1590 g/mol. The number of carboxylic acids is 1. The van der Waals surface area contributed by atoms with E-state index >= 15 is 0 Å². The fraction of sp³-hybridized carbons (Fsp3) is 0.412. The third kappa shape index (κ3) is 22.8. The first kappa shape index (κ1) is 89.5. The fourth-order valence-corrected chi connectivity index (χ4v) is 10.3. The van der Waals surface area contributed by atoms with Crippen LogP contribution >= 0.6 is 46.4 Å². The van der Waals surface area contributed by atoms with Crippen LogP contribution in [-0.4, -0.2) is 173 Å². The number of carboxylic acid groups (broad SMARTS) is 1. The van der Waals surface area contributed by atoms with Gasteiger partial charge in [-0.25, -0.2) is 68.1 Å². The maximum Gasteiger partial charge on any atom is 0.423 e. The van der Waals surface area contributed by atoms with Crippen molar-refractivity contribution < 1.29 is 106 Å². The van der Waals surface area contributed by atoms with Crippen LogP contribution in [0.3, 0.4) is 0 Å². The number of carbonyl (C=O) groups is 8. The van der Waals surface area contributed by atoms with Gasteiger partial charge in [0.2, 0.25) is 0 Å². The van der Waals surface area contributed by atoms with Crippen molar-refractivity contribution in [2.45, 2.75) is 132 Å². The van der Waals surface area contributed by atoms with Crippen molar-refractivity contribution in [1.29, 1.82) is 0 Å². The van der Waals surface area contributed by atoms with E-state index < -0.39 is 110 Å². The number of carbonyl (C=O) groups excluding carboxylic acids is 7. The average Bonchev–Trinajstić information content (AvgIpc) is 0.836. The number of aromatic carboxylic acids is 1. The first-order valence-corrected chi connectivity index (χ1v) is 32.9. The van der Waals surface area contributed by atoms with Crippen LogP contribution in [0.15, 0.2) is 73.3 Å². The molecule has 8 amide bonds. The molecule has 1 unspecified atom stereocenters. The first-order valence-electron chi connectivity index (χ1n) is 31.4. The zero-order chi connectivity index (χ0) is 80.9. The molecule has 1 aliphatic heterocycles. The van der Waals surface area contributed by atoms with Gasteiger partial charge in [0.25, 0.3) is 11.4 Å². The van der Waals surface area contributed by atoms with Crippen molar-refractivity contribution >= 4 is 152 Å². The van der Waals surface area contributed by atoms with Gasteiger partial charge in [0.05, 0.1) is 56.5 Å². The van der Waals surface area contributed by atoms with Crippen molar-refractivity contribution in [3.05, 3.63) is 125 Å². The van der Waals surface area contributed by atoms with E-state index in [-0.39, 0.29) is 96.4 Å². The van der Waals surface area contributed by atoms with Crippen LogP contribution < -0.4 is 48.3 Å². The summed E-state index contributed by atoms with van der Waals surface area (Å²) in [5.41, 5.74) is -7.87. The van der Waals surface area contributed by atoms with Crippen LogP contribution in [0.5, 0.6) is 23.0 Å². The highest BCUT2D eigenvalue weighted by molar-refractivity contribution is 6.44. The maximum atomic E-state index is 14.3. The number of urea groups is 2. The Balaban J connectivity index is 0.000000419. The molecule has 3 heterocycles. The number of hydrogen-bond donors (Lipinski definition) is 2. The first-order chi connectivity index (χ1) is 49.7. The number of amides is 8. The zero-order valence-electron chi connectivity index (χ0n) is 61.4. The number of esters is 1. The third-order valence-electron chi connectivity index (χ3n) is 13.6. The van der Waals surface area contributed by atoms with Crippen LogP contribution in [0, 0.1) is 20.2 Å². The number of aliphatic hydroxyl groups is 1. The minimum absolute atomic E-state index is 0. The van der Waals surface area contributed by atoms with Crippen molar-refractivity contribution in [2.75, 3.05) is 85.7 Å². The van der Waals surface area contributed by atoms with Crippen molar-refractivity contribution in [3.63, 3.8) is 0 Å². The summed E-state index contributed by atoms with van der Waals surface area (Å²) in [6.45, 7) is 19.5. The summed E-state index contributed by atoms with van der Waals surface area (Å²) in [6, 6.07) is 8.81. The summed E-state index contributed by atoms with van der Waals surface area (Å²) in [4.78, 5) is 150. The minimum atomic E-state index is -1.45. The van der Waals surface area contributed by atoms with Crippen LogP contribution in [-0.2, 0) is 28.4 Å². The van der Waals surface area contributed by atoms with Gasteiger partial charge in [0.15, 0.2) is 6.29 Å². The lowest BCUT2D eigenvalue weighted by molar-refractivity contribution is -0.384. The predicted molar refractivity (Wildman–Crippen MR) is 397 cm³/mol. The number of nitrogens with zero attached hydrogens (tertiary/aromatic N) is 12. The Morgan fingerprint density at radius 3 is 1.08 bits per heavy atom.